The molecule has 1 N–H and O–H groups in total. The Hall–Kier alpha value is -1.85. The van der Waals surface area contributed by atoms with E-state index in [1.807, 2.05) is 45.0 Å². The van der Waals surface area contributed by atoms with Crippen LogP contribution < -0.4 is 9.46 Å². The highest BCUT2D eigenvalue weighted by Gasteiger charge is 2.21. The first-order valence-electron chi connectivity index (χ1n) is 7.61. The fourth-order valence-electron chi connectivity index (χ4n) is 2.46. The van der Waals surface area contributed by atoms with Crippen molar-refractivity contribution in [1.82, 2.24) is 4.72 Å². The van der Waals surface area contributed by atoms with Crippen molar-refractivity contribution in [3.05, 3.63) is 59.2 Å². The Balaban J connectivity index is 2.28. The zero-order valence-electron chi connectivity index (χ0n) is 14.0. The van der Waals surface area contributed by atoms with Gasteiger partial charge in [0.25, 0.3) is 0 Å². The van der Waals surface area contributed by atoms with E-state index in [1.165, 1.54) is 0 Å². The quantitative estimate of drug-likeness (QED) is 0.876. The lowest BCUT2D eigenvalue weighted by molar-refractivity contribution is 0.411. The number of sulfonamides is 1. The van der Waals surface area contributed by atoms with Gasteiger partial charge in [-0.15, -0.1) is 0 Å². The Morgan fingerprint density at radius 2 is 1.74 bits per heavy atom. The molecule has 0 aliphatic carbocycles. The van der Waals surface area contributed by atoms with Gasteiger partial charge in [0.1, 0.15) is 5.75 Å². The molecule has 0 spiro atoms. The third kappa shape index (κ3) is 4.12. The van der Waals surface area contributed by atoms with Crippen molar-refractivity contribution in [3.63, 3.8) is 0 Å². The molecule has 4 nitrogen and oxygen atoms in total. The molecule has 0 unspecified atom stereocenters. The minimum Gasteiger partial charge on any atom is -0.496 e. The summed E-state index contributed by atoms with van der Waals surface area (Å²) in [5, 5.41) is 0. The van der Waals surface area contributed by atoms with Crippen molar-refractivity contribution in [2.45, 2.75) is 38.1 Å². The van der Waals surface area contributed by atoms with Crippen LogP contribution in [0.15, 0.2) is 47.4 Å². The minimum absolute atomic E-state index is 0.247. The molecule has 0 saturated carbocycles. The number of ether oxygens (including phenoxy) is 1. The number of aryl methyl sites for hydroxylation is 2. The van der Waals surface area contributed by atoms with E-state index in [0.29, 0.717) is 12.2 Å². The van der Waals surface area contributed by atoms with Gasteiger partial charge in [0, 0.05) is 6.04 Å². The third-order valence-electron chi connectivity index (χ3n) is 3.86. The number of hydrogen-bond acceptors (Lipinski definition) is 3. The number of rotatable bonds is 6. The Kier molecular flexibility index (Phi) is 5.44. The molecule has 2 aromatic rings. The Labute approximate surface area is 138 Å². The molecular weight excluding hydrogens is 310 g/mol. The summed E-state index contributed by atoms with van der Waals surface area (Å²) in [5.74, 6) is 0.675. The first-order valence-corrected chi connectivity index (χ1v) is 9.09. The van der Waals surface area contributed by atoms with Crippen LogP contribution in [0.4, 0.5) is 0 Å². The van der Waals surface area contributed by atoms with Crippen LogP contribution in [0.2, 0.25) is 0 Å². The van der Waals surface area contributed by atoms with Crippen LogP contribution in [0.1, 0.15) is 36.1 Å². The predicted octanol–water partition coefficient (Wildman–Crippen LogP) is 3.74. The second-order valence-electron chi connectivity index (χ2n) is 5.62. The van der Waals surface area contributed by atoms with Crippen LogP contribution in [0.5, 0.6) is 5.75 Å². The number of methoxy groups -OCH3 is 1. The summed E-state index contributed by atoms with van der Waals surface area (Å²) >= 11 is 0. The molecule has 2 aromatic carbocycles. The molecule has 0 saturated heterocycles. The normalized spacial score (nSPS) is 12.9. The maximum absolute atomic E-state index is 12.6. The lowest BCUT2D eigenvalue weighted by atomic mass is 10.0. The molecular formula is C18H23NO3S. The first-order chi connectivity index (χ1) is 10.9. The van der Waals surface area contributed by atoms with Gasteiger partial charge in [0.15, 0.2) is 0 Å². The molecule has 0 aromatic heterocycles. The van der Waals surface area contributed by atoms with Crippen molar-refractivity contribution in [3.8, 4) is 5.75 Å². The number of hydrogen-bond donors (Lipinski definition) is 1. The van der Waals surface area contributed by atoms with E-state index in [0.717, 1.165) is 16.7 Å². The van der Waals surface area contributed by atoms with Gasteiger partial charge >= 0.3 is 0 Å². The van der Waals surface area contributed by atoms with E-state index in [9.17, 15) is 8.42 Å². The predicted molar refractivity (Wildman–Crippen MR) is 92.3 cm³/mol. The van der Waals surface area contributed by atoms with Crippen molar-refractivity contribution in [2.75, 3.05) is 7.11 Å². The van der Waals surface area contributed by atoms with Crippen LogP contribution in [0, 0.1) is 13.8 Å². The zero-order chi connectivity index (χ0) is 17.0. The highest BCUT2D eigenvalue weighted by molar-refractivity contribution is 7.89. The van der Waals surface area contributed by atoms with Crippen molar-refractivity contribution < 1.29 is 13.2 Å². The molecule has 0 aliphatic rings. The summed E-state index contributed by atoms with van der Waals surface area (Å²) in [6.45, 7) is 5.80. The molecule has 0 bridgehead atoms. The summed E-state index contributed by atoms with van der Waals surface area (Å²) in [6, 6.07) is 12.5. The Morgan fingerprint density at radius 3 is 2.26 bits per heavy atom. The molecule has 1 atom stereocenters. The minimum atomic E-state index is -3.58. The molecule has 0 aliphatic heterocycles. The van der Waals surface area contributed by atoms with Gasteiger partial charge in [-0.1, -0.05) is 36.8 Å². The van der Waals surface area contributed by atoms with E-state index in [1.54, 1.807) is 25.3 Å². The monoisotopic (exact) mass is 333 g/mol. The Bertz CT molecular complexity index is 767. The van der Waals surface area contributed by atoms with Gasteiger partial charge in [0.2, 0.25) is 10.0 Å². The lowest BCUT2D eigenvalue weighted by Crippen LogP contribution is -2.28. The van der Waals surface area contributed by atoms with Crippen molar-refractivity contribution in [1.29, 1.82) is 0 Å². The maximum atomic E-state index is 12.6. The molecule has 23 heavy (non-hydrogen) atoms. The molecule has 0 heterocycles. The van der Waals surface area contributed by atoms with Crippen LogP contribution in [-0.4, -0.2) is 15.5 Å². The largest absolute Gasteiger partial charge is 0.496 e. The fraction of sp³-hybridized carbons (Fsp3) is 0.333. The van der Waals surface area contributed by atoms with Gasteiger partial charge in [-0.25, -0.2) is 13.1 Å². The number of benzene rings is 2. The first kappa shape index (κ1) is 17.5. The summed E-state index contributed by atoms with van der Waals surface area (Å²) in [6.07, 6.45) is 0.678. The van der Waals surface area contributed by atoms with Gasteiger partial charge in [-0.05, 0) is 49.6 Å². The van der Waals surface area contributed by atoms with Crippen LogP contribution in [0.25, 0.3) is 0 Å². The lowest BCUT2D eigenvalue weighted by Gasteiger charge is -2.18. The molecule has 0 radical (unpaired) electrons. The topological polar surface area (TPSA) is 55.4 Å². The Morgan fingerprint density at radius 1 is 1.09 bits per heavy atom. The van der Waals surface area contributed by atoms with E-state index in [-0.39, 0.29) is 10.9 Å². The maximum Gasteiger partial charge on any atom is 0.241 e. The van der Waals surface area contributed by atoms with Crippen molar-refractivity contribution >= 4 is 10.0 Å². The van der Waals surface area contributed by atoms with Gasteiger partial charge in [0.05, 0.1) is 12.0 Å². The highest BCUT2D eigenvalue weighted by atomic mass is 32.2. The average molecular weight is 333 g/mol. The van der Waals surface area contributed by atoms with E-state index < -0.39 is 10.0 Å². The second-order valence-corrected chi connectivity index (χ2v) is 7.34. The molecule has 5 heteroatoms. The third-order valence-corrected chi connectivity index (χ3v) is 5.33. The summed E-state index contributed by atoms with van der Waals surface area (Å²) in [5.41, 5.74) is 2.91. The van der Waals surface area contributed by atoms with Gasteiger partial charge < -0.3 is 4.74 Å². The van der Waals surface area contributed by atoms with Gasteiger partial charge in [-0.2, -0.15) is 0 Å². The average Bonchev–Trinajstić information content (AvgIpc) is 2.53. The standard InChI is InChI=1S/C18H23NO3S/c1-5-17(15-8-6-13(2)7-9-15)19-23(20,21)16-10-11-18(22-4)14(3)12-16/h6-12,17,19H,5H2,1-4H3/t17-/m1/s1. The highest BCUT2D eigenvalue weighted by Crippen LogP contribution is 2.24. The smallest absolute Gasteiger partial charge is 0.241 e. The SMILES string of the molecule is CC[C@@H](NS(=O)(=O)c1ccc(OC)c(C)c1)c1ccc(C)cc1. The molecule has 2 rings (SSSR count). The summed E-state index contributed by atoms with van der Waals surface area (Å²) in [7, 11) is -2.01. The summed E-state index contributed by atoms with van der Waals surface area (Å²) in [4.78, 5) is 0.251. The zero-order valence-corrected chi connectivity index (χ0v) is 14.8. The second kappa shape index (κ2) is 7.15. The van der Waals surface area contributed by atoms with E-state index in [2.05, 4.69) is 4.72 Å². The van der Waals surface area contributed by atoms with Gasteiger partial charge in [-0.3, -0.25) is 0 Å². The molecule has 0 fully saturated rings. The van der Waals surface area contributed by atoms with E-state index >= 15 is 0 Å². The number of nitrogens with one attached hydrogen (secondary N) is 1. The molecule has 0 amide bonds. The van der Waals surface area contributed by atoms with E-state index in [4.69, 9.17) is 4.74 Å². The van der Waals surface area contributed by atoms with Crippen LogP contribution in [-0.2, 0) is 10.0 Å². The molecule has 124 valence electrons. The summed E-state index contributed by atoms with van der Waals surface area (Å²) < 4.78 is 33.3. The van der Waals surface area contributed by atoms with Crippen LogP contribution >= 0.6 is 0 Å². The fourth-order valence-corrected chi connectivity index (χ4v) is 3.85. The van der Waals surface area contributed by atoms with Crippen LogP contribution in [0.3, 0.4) is 0 Å². The van der Waals surface area contributed by atoms with Crippen molar-refractivity contribution in [2.24, 2.45) is 0 Å².